The van der Waals surface area contributed by atoms with E-state index in [0.29, 0.717) is 19.7 Å². The molecular formula is C18H24IN3O2. The van der Waals surface area contributed by atoms with Crippen molar-refractivity contribution in [2.24, 2.45) is 4.99 Å². The summed E-state index contributed by atoms with van der Waals surface area (Å²) >= 11 is 0. The average Bonchev–Trinajstić information content (AvgIpc) is 2.62. The number of hydrogen-bond acceptors (Lipinski definition) is 3. The van der Waals surface area contributed by atoms with Crippen molar-refractivity contribution in [1.82, 2.24) is 10.6 Å². The molecule has 130 valence electrons. The van der Waals surface area contributed by atoms with Gasteiger partial charge in [-0.05, 0) is 18.2 Å². The molecule has 0 aliphatic heterocycles. The Bertz CT molecular complexity index is 621. The Balaban J connectivity index is 0.00000288. The van der Waals surface area contributed by atoms with Crippen molar-refractivity contribution in [2.75, 3.05) is 27.3 Å². The maximum Gasteiger partial charge on any atom is 0.191 e. The molecule has 6 heteroatoms. The van der Waals surface area contributed by atoms with Crippen LogP contribution in [0.25, 0.3) is 0 Å². The highest BCUT2D eigenvalue weighted by Crippen LogP contribution is 2.16. The summed E-state index contributed by atoms with van der Waals surface area (Å²) in [4.78, 5) is 4.20. The summed E-state index contributed by atoms with van der Waals surface area (Å²) < 4.78 is 11.0. The third kappa shape index (κ3) is 6.66. The number of halogens is 1. The van der Waals surface area contributed by atoms with E-state index < -0.39 is 0 Å². The van der Waals surface area contributed by atoms with Crippen LogP contribution < -0.4 is 20.1 Å². The topological polar surface area (TPSA) is 54.9 Å². The van der Waals surface area contributed by atoms with Gasteiger partial charge < -0.3 is 20.1 Å². The molecule has 0 radical (unpaired) electrons. The smallest absolute Gasteiger partial charge is 0.191 e. The van der Waals surface area contributed by atoms with E-state index in [1.165, 1.54) is 0 Å². The second-order valence-electron chi connectivity index (χ2n) is 4.83. The summed E-state index contributed by atoms with van der Waals surface area (Å²) in [6, 6.07) is 17.7. The lowest BCUT2D eigenvalue weighted by atomic mass is 10.2. The van der Waals surface area contributed by atoms with Crippen molar-refractivity contribution in [3.05, 3.63) is 60.2 Å². The van der Waals surface area contributed by atoms with E-state index in [9.17, 15) is 0 Å². The van der Waals surface area contributed by atoms with E-state index in [-0.39, 0.29) is 24.0 Å². The van der Waals surface area contributed by atoms with Crippen LogP contribution in [0.15, 0.2) is 59.6 Å². The van der Waals surface area contributed by atoms with Crippen molar-refractivity contribution in [3.63, 3.8) is 0 Å². The lowest BCUT2D eigenvalue weighted by Gasteiger charge is -2.14. The van der Waals surface area contributed by atoms with Gasteiger partial charge in [0.05, 0.1) is 13.7 Å². The van der Waals surface area contributed by atoms with Gasteiger partial charge >= 0.3 is 0 Å². The Kier molecular flexibility index (Phi) is 9.67. The number of para-hydroxylation sites is 2. The van der Waals surface area contributed by atoms with Gasteiger partial charge in [-0.25, -0.2) is 0 Å². The van der Waals surface area contributed by atoms with Crippen molar-refractivity contribution in [3.8, 4) is 11.5 Å². The lowest BCUT2D eigenvalue weighted by Crippen LogP contribution is -2.38. The maximum absolute atomic E-state index is 5.63. The van der Waals surface area contributed by atoms with E-state index in [0.717, 1.165) is 23.0 Å². The summed E-state index contributed by atoms with van der Waals surface area (Å²) in [5.41, 5.74) is 1.08. The largest absolute Gasteiger partial charge is 0.496 e. The number of nitrogens with zero attached hydrogens (tertiary/aromatic N) is 1. The second kappa shape index (κ2) is 11.6. The minimum absolute atomic E-state index is 0. The molecule has 0 aromatic heterocycles. The first-order valence-corrected chi connectivity index (χ1v) is 7.57. The molecule has 0 aliphatic rings. The molecule has 0 atom stereocenters. The van der Waals surface area contributed by atoms with Gasteiger partial charge in [-0.2, -0.15) is 0 Å². The van der Waals surface area contributed by atoms with Crippen molar-refractivity contribution in [2.45, 2.75) is 6.54 Å². The molecule has 2 rings (SSSR count). The highest BCUT2D eigenvalue weighted by atomic mass is 127. The van der Waals surface area contributed by atoms with E-state index in [2.05, 4.69) is 15.6 Å². The number of methoxy groups -OCH3 is 1. The van der Waals surface area contributed by atoms with Crippen LogP contribution in [0.4, 0.5) is 0 Å². The summed E-state index contributed by atoms with van der Waals surface area (Å²) in [6.07, 6.45) is 0. The van der Waals surface area contributed by atoms with Gasteiger partial charge in [0.25, 0.3) is 0 Å². The van der Waals surface area contributed by atoms with Gasteiger partial charge in [0.15, 0.2) is 5.96 Å². The van der Waals surface area contributed by atoms with Crippen LogP contribution in [-0.2, 0) is 6.54 Å². The first-order valence-electron chi connectivity index (χ1n) is 7.57. The predicted octanol–water partition coefficient (Wildman–Crippen LogP) is 3.06. The van der Waals surface area contributed by atoms with Gasteiger partial charge in [0, 0.05) is 19.2 Å². The summed E-state index contributed by atoms with van der Waals surface area (Å²) in [5, 5.41) is 6.48. The fourth-order valence-electron chi connectivity index (χ4n) is 2.10. The highest BCUT2D eigenvalue weighted by Gasteiger charge is 2.03. The van der Waals surface area contributed by atoms with Crippen LogP contribution in [0.3, 0.4) is 0 Å². The molecule has 0 fully saturated rings. The number of benzene rings is 2. The fourth-order valence-corrected chi connectivity index (χ4v) is 2.10. The molecule has 0 unspecified atom stereocenters. The van der Waals surface area contributed by atoms with Crippen LogP contribution in [0.2, 0.25) is 0 Å². The van der Waals surface area contributed by atoms with Crippen molar-refractivity contribution < 1.29 is 9.47 Å². The van der Waals surface area contributed by atoms with Gasteiger partial charge in [-0.3, -0.25) is 4.99 Å². The number of hydrogen-bond donors (Lipinski definition) is 2. The molecule has 0 spiro atoms. The predicted molar refractivity (Wildman–Crippen MR) is 109 cm³/mol. The molecular weight excluding hydrogens is 417 g/mol. The Labute approximate surface area is 160 Å². The molecule has 2 N–H and O–H groups in total. The van der Waals surface area contributed by atoms with E-state index in [1.54, 1.807) is 14.2 Å². The first-order chi connectivity index (χ1) is 11.3. The quantitative estimate of drug-likeness (QED) is 0.300. The zero-order valence-corrected chi connectivity index (χ0v) is 16.3. The number of guanidine groups is 1. The zero-order valence-electron chi connectivity index (χ0n) is 14.0. The fraction of sp³-hybridized carbons (Fsp3) is 0.278. The van der Waals surface area contributed by atoms with Crippen LogP contribution in [-0.4, -0.2) is 33.3 Å². The monoisotopic (exact) mass is 441 g/mol. The molecule has 0 amide bonds. The van der Waals surface area contributed by atoms with E-state index in [1.807, 2.05) is 54.6 Å². The maximum atomic E-state index is 5.63. The van der Waals surface area contributed by atoms with E-state index >= 15 is 0 Å². The summed E-state index contributed by atoms with van der Waals surface area (Å²) in [5.74, 6) is 2.46. The van der Waals surface area contributed by atoms with Crippen molar-refractivity contribution in [1.29, 1.82) is 0 Å². The Morgan fingerprint density at radius 3 is 2.42 bits per heavy atom. The van der Waals surface area contributed by atoms with Crippen LogP contribution in [0, 0.1) is 0 Å². The molecule has 0 bridgehead atoms. The number of ether oxygens (including phenoxy) is 2. The molecule has 2 aromatic rings. The lowest BCUT2D eigenvalue weighted by molar-refractivity contribution is 0.322. The number of aliphatic imine (C=N–C) groups is 1. The second-order valence-corrected chi connectivity index (χ2v) is 4.83. The normalized spacial score (nSPS) is 10.5. The first kappa shape index (κ1) is 20.1. The summed E-state index contributed by atoms with van der Waals surface area (Å²) in [6.45, 7) is 1.88. The zero-order chi connectivity index (χ0) is 16.3. The third-order valence-electron chi connectivity index (χ3n) is 3.27. The molecule has 2 aromatic carbocycles. The van der Waals surface area contributed by atoms with E-state index in [4.69, 9.17) is 9.47 Å². The number of nitrogens with one attached hydrogen (secondary N) is 2. The summed E-state index contributed by atoms with van der Waals surface area (Å²) in [7, 11) is 3.42. The van der Waals surface area contributed by atoms with Crippen LogP contribution in [0.5, 0.6) is 11.5 Å². The minimum Gasteiger partial charge on any atom is -0.496 e. The SMILES string of the molecule is CN=C(NCCOc1ccccc1)NCc1ccccc1OC.I. The van der Waals surface area contributed by atoms with Crippen LogP contribution in [0.1, 0.15) is 5.56 Å². The van der Waals surface area contributed by atoms with Gasteiger partial charge in [0.2, 0.25) is 0 Å². The molecule has 0 saturated heterocycles. The Morgan fingerprint density at radius 2 is 1.71 bits per heavy atom. The molecule has 0 heterocycles. The standard InChI is InChI=1S/C18H23N3O2.HI/c1-19-18(20-12-13-23-16-9-4-3-5-10-16)21-14-15-8-6-7-11-17(15)22-2;/h3-11H,12-14H2,1-2H3,(H2,19,20,21);1H. The van der Waals surface area contributed by atoms with Gasteiger partial charge in [-0.1, -0.05) is 36.4 Å². The molecule has 0 aliphatic carbocycles. The van der Waals surface area contributed by atoms with Crippen molar-refractivity contribution >= 4 is 29.9 Å². The Morgan fingerprint density at radius 1 is 1.00 bits per heavy atom. The average molecular weight is 441 g/mol. The highest BCUT2D eigenvalue weighted by molar-refractivity contribution is 14.0. The molecule has 5 nitrogen and oxygen atoms in total. The molecule has 0 saturated carbocycles. The minimum atomic E-state index is 0. The third-order valence-corrected chi connectivity index (χ3v) is 3.27. The number of rotatable bonds is 7. The Hall–Kier alpha value is -1.96. The van der Waals surface area contributed by atoms with Crippen LogP contribution >= 0.6 is 24.0 Å². The molecule has 24 heavy (non-hydrogen) atoms. The van der Waals surface area contributed by atoms with Gasteiger partial charge in [0.1, 0.15) is 18.1 Å². The van der Waals surface area contributed by atoms with Gasteiger partial charge in [-0.15, -0.1) is 24.0 Å².